The Balaban J connectivity index is 2.20. The minimum atomic E-state index is 0.529. The van der Waals surface area contributed by atoms with Gasteiger partial charge in [-0.2, -0.15) is 0 Å². The van der Waals surface area contributed by atoms with E-state index in [1.807, 2.05) is 6.92 Å². The summed E-state index contributed by atoms with van der Waals surface area (Å²) in [6.07, 6.45) is 0. The van der Waals surface area contributed by atoms with Crippen molar-refractivity contribution in [2.24, 2.45) is 5.92 Å². The Morgan fingerprint density at radius 1 is 1.69 bits per heavy atom. The van der Waals surface area contributed by atoms with Gasteiger partial charge in [0.15, 0.2) is 0 Å². The van der Waals surface area contributed by atoms with Gasteiger partial charge >= 0.3 is 0 Å². The minimum Gasteiger partial charge on any atom is -0.311 e. The second-order valence-corrected chi connectivity index (χ2v) is 4.62. The fourth-order valence-electron chi connectivity index (χ4n) is 0.991. The number of hydrogen-bond donors (Lipinski definition) is 1. The summed E-state index contributed by atoms with van der Waals surface area (Å²) in [7, 11) is 0. The summed E-state index contributed by atoms with van der Waals surface area (Å²) in [6.45, 7) is 5.97. The fraction of sp³-hybridized carbons (Fsp3) is 0.667. The molecule has 0 aromatic carbocycles. The number of alkyl halides is 1. The molecule has 0 aliphatic heterocycles. The molecule has 74 valence electrons. The van der Waals surface area contributed by atoms with Crippen LogP contribution in [0, 0.1) is 12.8 Å². The first-order chi connectivity index (χ1) is 6.22. The third-order valence-corrected chi connectivity index (χ3v) is 3.08. The van der Waals surface area contributed by atoms with Crippen molar-refractivity contribution in [3.63, 3.8) is 0 Å². The lowest BCUT2D eigenvalue weighted by atomic mass is 10.2. The fourth-order valence-corrected chi connectivity index (χ4v) is 1.71. The molecule has 0 saturated carbocycles. The Labute approximate surface area is 88.3 Å². The molecule has 1 N–H and O–H groups in total. The van der Waals surface area contributed by atoms with Crippen molar-refractivity contribution in [1.82, 2.24) is 10.3 Å². The van der Waals surface area contributed by atoms with Crippen LogP contribution in [0.1, 0.15) is 17.6 Å². The van der Waals surface area contributed by atoms with Gasteiger partial charge < -0.3 is 5.32 Å². The predicted octanol–water partition coefficient (Wildman–Crippen LogP) is 2.42. The molecule has 0 aliphatic carbocycles. The highest BCUT2D eigenvalue weighted by atomic mass is 35.5. The normalized spacial score (nSPS) is 13.2. The molecule has 0 bridgehead atoms. The zero-order valence-corrected chi connectivity index (χ0v) is 9.58. The predicted molar refractivity (Wildman–Crippen MR) is 58.4 cm³/mol. The Hall–Kier alpha value is -0.120. The van der Waals surface area contributed by atoms with Crippen LogP contribution >= 0.6 is 22.9 Å². The highest BCUT2D eigenvalue weighted by molar-refractivity contribution is 7.09. The average Bonchev–Trinajstić information content (AvgIpc) is 2.51. The van der Waals surface area contributed by atoms with E-state index in [-0.39, 0.29) is 0 Å². The lowest BCUT2D eigenvalue weighted by Gasteiger charge is -2.07. The smallest absolute Gasteiger partial charge is 0.0897 e. The van der Waals surface area contributed by atoms with Crippen LogP contribution in [-0.4, -0.2) is 17.4 Å². The zero-order chi connectivity index (χ0) is 9.68. The van der Waals surface area contributed by atoms with Gasteiger partial charge in [0, 0.05) is 17.8 Å². The number of rotatable bonds is 5. The van der Waals surface area contributed by atoms with Crippen molar-refractivity contribution in [3.8, 4) is 0 Å². The van der Waals surface area contributed by atoms with Crippen molar-refractivity contribution >= 4 is 22.9 Å². The molecule has 0 radical (unpaired) electrons. The van der Waals surface area contributed by atoms with Crippen LogP contribution in [0.15, 0.2) is 5.38 Å². The van der Waals surface area contributed by atoms with Gasteiger partial charge in [0.2, 0.25) is 0 Å². The van der Waals surface area contributed by atoms with E-state index in [1.165, 1.54) is 0 Å². The van der Waals surface area contributed by atoms with E-state index in [0.717, 1.165) is 23.8 Å². The molecule has 0 fully saturated rings. The monoisotopic (exact) mass is 218 g/mol. The Morgan fingerprint density at radius 2 is 2.46 bits per heavy atom. The molecule has 0 aliphatic rings. The van der Waals surface area contributed by atoms with E-state index in [4.69, 9.17) is 11.6 Å². The number of aryl methyl sites for hydroxylation is 1. The molecule has 4 heteroatoms. The topological polar surface area (TPSA) is 24.9 Å². The van der Waals surface area contributed by atoms with Crippen LogP contribution in [0.25, 0.3) is 0 Å². The summed E-state index contributed by atoms with van der Waals surface area (Å²) < 4.78 is 0. The highest BCUT2D eigenvalue weighted by Crippen LogP contribution is 2.07. The Morgan fingerprint density at radius 3 is 3.00 bits per heavy atom. The van der Waals surface area contributed by atoms with Gasteiger partial charge in [-0.25, -0.2) is 4.98 Å². The van der Waals surface area contributed by atoms with E-state index >= 15 is 0 Å². The van der Waals surface area contributed by atoms with Crippen LogP contribution < -0.4 is 5.32 Å². The van der Waals surface area contributed by atoms with Gasteiger partial charge in [0.05, 0.1) is 10.7 Å². The number of thiazole rings is 1. The summed E-state index contributed by atoms with van der Waals surface area (Å²) in [4.78, 5) is 4.36. The molecular formula is C9H15ClN2S. The van der Waals surface area contributed by atoms with Crippen LogP contribution in [0.4, 0.5) is 0 Å². The molecule has 1 atom stereocenters. The molecule has 0 spiro atoms. The van der Waals surface area contributed by atoms with Gasteiger partial charge in [0.25, 0.3) is 0 Å². The van der Waals surface area contributed by atoms with Gasteiger partial charge in [-0.1, -0.05) is 6.92 Å². The standard InChI is InChI=1S/C9H15ClN2S/c1-7(3-10)4-11-5-9-6-13-8(2)12-9/h6-7,11H,3-5H2,1-2H3. The second-order valence-electron chi connectivity index (χ2n) is 3.25. The summed E-state index contributed by atoms with van der Waals surface area (Å²) in [5.41, 5.74) is 1.13. The van der Waals surface area contributed by atoms with E-state index in [9.17, 15) is 0 Å². The number of nitrogens with zero attached hydrogens (tertiary/aromatic N) is 1. The van der Waals surface area contributed by atoms with Gasteiger partial charge in [0.1, 0.15) is 0 Å². The molecule has 1 rings (SSSR count). The van der Waals surface area contributed by atoms with Gasteiger partial charge in [-0.05, 0) is 19.4 Å². The van der Waals surface area contributed by atoms with Crippen LogP contribution in [0.5, 0.6) is 0 Å². The quantitative estimate of drug-likeness (QED) is 0.768. The molecule has 13 heavy (non-hydrogen) atoms. The third-order valence-electron chi connectivity index (χ3n) is 1.73. The lowest BCUT2D eigenvalue weighted by molar-refractivity contribution is 0.553. The SMILES string of the molecule is Cc1nc(CNCC(C)CCl)cs1. The Bertz CT molecular complexity index is 250. The maximum Gasteiger partial charge on any atom is 0.0897 e. The first-order valence-electron chi connectivity index (χ1n) is 4.40. The van der Waals surface area contributed by atoms with Crippen LogP contribution in [0.2, 0.25) is 0 Å². The van der Waals surface area contributed by atoms with Crippen LogP contribution in [-0.2, 0) is 6.54 Å². The number of halogens is 1. The first kappa shape index (κ1) is 11.0. The number of hydrogen-bond acceptors (Lipinski definition) is 3. The summed E-state index contributed by atoms with van der Waals surface area (Å²) in [6, 6.07) is 0. The molecule has 1 aromatic rings. The zero-order valence-electron chi connectivity index (χ0n) is 8.01. The average molecular weight is 219 g/mol. The molecular weight excluding hydrogens is 204 g/mol. The molecule has 0 saturated heterocycles. The lowest BCUT2D eigenvalue weighted by Crippen LogP contribution is -2.21. The summed E-state index contributed by atoms with van der Waals surface area (Å²) >= 11 is 7.38. The first-order valence-corrected chi connectivity index (χ1v) is 5.81. The van der Waals surface area contributed by atoms with Gasteiger partial charge in [-0.3, -0.25) is 0 Å². The van der Waals surface area contributed by atoms with Crippen molar-refractivity contribution in [1.29, 1.82) is 0 Å². The maximum atomic E-state index is 5.68. The van der Waals surface area contributed by atoms with E-state index in [0.29, 0.717) is 11.8 Å². The van der Waals surface area contributed by atoms with Crippen molar-refractivity contribution in [2.75, 3.05) is 12.4 Å². The highest BCUT2D eigenvalue weighted by Gasteiger charge is 2.00. The number of nitrogens with one attached hydrogen (secondary N) is 1. The second kappa shape index (κ2) is 5.58. The van der Waals surface area contributed by atoms with Crippen LogP contribution in [0.3, 0.4) is 0 Å². The molecule has 0 amide bonds. The van der Waals surface area contributed by atoms with E-state index in [2.05, 4.69) is 22.6 Å². The number of aromatic nitrogens is 1. The van der Waals surface area contributed by atoms with Crippen molar-refractivity contribution in [3.05, 3.63) is 16.1 Å². The molecule has 2 nitrogen and oxygen atoms in total. The Kier molecular flexibility index (Phi) is 4.70. The molecule has 1 heterocycles. The van der Waals surface area contributed by atoms with Gasteiger partial charge in [-0.15, -0.1) is 22.9 Å². The largest absolute Gasteiger partial charge is 0.311 e. The van der Waals surface area contributed by atoms with E-state index < -0.39 is 0 Å². The maximum absolute atomic E-state index is 5.68. The van der Waals surface area contributed by atoms with Crippen molar-refractivity contribution < 1.29 is 0 Å². The molecule has 1 aromatic heterocycles. The molecule has 1 unspecified atom stereocenters. The van der Waals surface area contributed by atoms with Crippen molar-refractivity contribution in [2.45, 2.75) is 20.4 Å². The third kappa shape index (κ3) is 4.07. The minimum absolute atomic E-state index is 0.529. The summed E-state index contributed by atoms with van der Waals surface area (Å²) in [5.74, 6) is 1.24. The van der Waals surface area contributed by atoms with E-state index in [1.54, 1.807) is 11.3 Å². The summed E-state index contributed by atoms with van der Waals surface area (Å²) in [5, 5.41) is 6.54.